The maximum Gasteiger partial charge on any atom is 0.328 e. The van der Waals surface area contributed by atoms with Gasteiger partial charge < -0.3 is 5.11 Å². The van der Waals surface area contributed by atoms with E-state index in [1.165, 1.54) is 0 Å². The number of allylic oxidation sites excluding steroid dienone is 1. The number of aliphatic carboxylic acids is 1. The van der Waals surface area contributed by atoms with E-state index in [-0.39, 0.29) is 0 Å². The summed E-state index contributed by atoms with van der Waals surface area (Å²) in [7, 11) is 0. The molecule has 1 aromatic carbocycles. The van der Waals surface area contributed by atoms with Crippen LogP contribution in [0.2, 0.25) is 0 Å². The summed E-state index contributed by atoms with van der Waals surface area (Å²) in [5, 5.41) is 8.42. The highest BCUT2D eigenvalue weighted by atomic mass is 16.4. The normalized spacial score (nSPS) is 11.2. The van der Waals surface area contributed by atoms with Gasteiger partial charge in [-0.3, -0.25) is 0 Å². The molecule has 0 radical (unpaired) electrons. The van der Waals surface area contributed by atoms with Crippen molar-refractivity contribution in [1.29, 1.82) is 0 Å². The first kappa shape index (κ1) is 10.3. The fourth-order valence-corrected chi connectivity index (χ4v) is 1.08. The van der Waals surface area contributed by atoms with Crippen LogP contribution in [-0.2, 0) is 4.79 Å². The Kier molecular flexibility index (Phi) is 3.68. The minimum absolute atomic E-state index is 0.889. The molecule has 0 atom stereocenters. The molecule has 1 aromatic rings. The number of benzene rings is 1. The van der Waals surface area contributed by atoms with Crippen LogP contribution in [0.3, 0.4) is 0 Å². The molecule has 0 aliphatic carbocycles. The molecule has 1 N–H and O–H groups in total. The van der Waals surface area contributed by atoms with Crippen LogP contribution in [0.25, 0.3) is 12.2 Å². The van der Waals surface area contributed by atoms with Gasteiger partial charge in [0.1, 0.15) is 0 Å². The summed E-state index contributed by atoms with van der Waals surface area (Å²) in [6, 6.07) is 7.66. The predicted molar refractivity (Wildman–Crippen MR) is 57.8 cm³/mol. The molecule has 0 unspecified atom stereocenters. The van der Waals surface area contributed by atoms with Crippen LogP contribution in [0.15, 0.2) is 36.4 Å². The van der Waals surface area contributed by atoms with Crippen LogP contribution in [0.5, 0.6) is 0 Å². The molecule has 1 rings (SSSR count). The van der Waals surface area contributed by atoms with E-state index in [9.17, 15) is 4.79 Å². The predicted octanol–water partition coefficient (Wildman–Crippen LogP) is 2.82. The van der Waals surface area contributed by atoms with Crippen molar-refractivity contribution in [3.05, 3.63) is 47.5 Å². The van der Waals surface area contributed by atoms with E-state index in [1.807, 2.05) is 43.3 Å². The third kappa shape index (κ3) is 3.27. The van der Waals surface area contributed by atoms with Crippen LogP contribution in [0, 0.1) is 0 Å². The Bertz CT molecular complexity index is 358. The van der Waals surface area contributed by atoms with Crippen LogP contribution in [0.1, 0.15) is 18.1 Å². The zero-order valence-corrected chi connectivity index (χ0v) is 7.97. The van der Waals surface area contributed by atoms with Crippen molar-refractivity contribution in [3.63, 3.8) is 0 Å². The maximum atomic E-state index is 10.2. The minimum Gasteiger partial charge on any atom is -0.478 e. The highest BCUT2D eigenvalue weighted by Gasteiger charge is 1.89. The largest absolute Gasteiger partial charge is 0.478 e. The maximum absolute atomic E-state index is 10.2. The Morgan fingerprint density at radius 3 is 2.07 bits per heavy atom. The summed E-state index contributed by atoms with van der Waals surface area (Å²) >= 11 is 0. The molecule has 0 aliphatic heterocycles. The molecular formula is C12H12O2. The van der Waals surface area contributed by atoms with E-state index < -0.39 is 5.97 Å². The Labute approximate surface area is 83.2 Å². The Morgan fingerprint density at radius 2 is 1.64 bits per heavy atom. The number of hydrogen-bond acceptors (Lipinski definition) is 1. The number of carboxylic acid groups (broad SMARTS) is 1. The van der Waals surface area contributed by atoms with Crippen molar-refractivity contribution in [3.8, 4) is 0 Å². The van der Waals surface area contributed by atoms with Crippen molar-refractivity contribution in [2.75, 3.05) is 0 Å². The minimum atomic E-state index is -0.928. The average molecular weight is 188 g/mol. The highest BCUT2D eigenvalue weighted by Crippen LogP contribution is 2.07. The van der Waals surface area contributed by atoms with Crippen molar-refractivity contribution in [1.82, 2.24) is 0 Å². The molecule has 0 saturated heterocycles. The van der Waals surface area contributed by atoms with E-state index in [0.29, 0.717) is 0 Å². The molecule has 0 heterocycles. The van der Waals surface area contributed by atoms with Gasteiger partial charge in [0.2, 0.25) is 0 Å². The highest BCUT2D eigenvalue weighted by molar-refractivity contribution is 5.85. The number of hydrogen-bond donors (Lipinski definition) is 1. The summed E-state index contributed by atoms with van der Waals surface area (Å²) in [4.78, 5) is 10.2. The van der Waals surface area contributed by atoms with E-state index >= 15 is 0 Å². The summed E-state index contributed by atoms with van der Waals surface area (Å²) in [6.07, 6.45) is 6.65. The molecule has 0 amide bonds. The summed E-state index contributed by atoms with van der Waals surface area (Å²) in [5.41, 5.74) is 2.00. The Morgan fingerprint density at radius 1 is 1.14 bits per heavy atom. The van der Waals surface area contributed by atoms with Gasteiger partial charge in [-0.1, -0.05) is 36.4 Å². The van der Waals surface area contributed by atoms with Crippen LogP contribution < -0.4 is 0 Å². The average Bonchev–Trinajstić information content (AvgIpc) is 2.17. The van der Waals surface area contributed by atoms with Gasteiger partial charge in [-0.15, -0.1) is 0 Å². The smallest absolute Gasteiger partial charge is 0.328 e. The van der Waals surface area contributed by atoms with E-state index in [1.54, 1.807) is 6.08 Å². The van der Waals surface area contributed by atoms with E-state index in [4.69, 9.17) is 5.11 Å². The van der Waals surface area contributed by atoms with Gasteiger partial charge in [0, 0.05) is 6.08 Å². The molecule has 0 aromatic heterocycles. The van der Waals surface area contributed by atoms with Gasteiger partial charge in [0.15, 0.2) is 0 Å². The lowest BCUT2D eigenvalue weighted by Crippen LogP contribution is -1.85. The molecule has 0 aliphatic rings. The van der Waals surface area contributed by atoms with Crippen molar-refractivity contribution in [2.24, 2.45) is 0 Å². The fraction of sp³-hybridized carbons (Fsp3) is 0.0833. The Hall–Kier alpha value is -1.83. The lowest BCUT2D eigenvalue weighted by molar-refractivity contribution is -0.131. The number of carboxylic acids is 1. The molecule has 0 spiro atoms. The second-order valence-corrected chi connectivity index (χ2v) is 2.84. The lowest BCUT2D eigenvalue weighted by Gasteiger charge is -1.94. The van der Waals surface area contributed by atoms with Crippen LogP contribution >= 0.6 is 0 Å². The fourth-order valence-electron chi connectivity index (χ4n) is 1.08. The zero-order chi connectivity index (χ0) is 10.4. The van der Waals surface area contributed by atoms with Gasteiger partial charge in [-0.25, -0.2) is 4.79 Å². The molecule has 0 saturated carbocycles. The second kappa shape index (κ2) is 5.02. The van der Waals surface area contributed by atoms with Crippen molar-refractivity contribution in [2.45, 2.75) is 6.92 Å². The van der Waals surface area contributed by atoms with Gasteiger partial charge in [-0.05, 0) is 24.1 Å². The van der Waals surface area contributed by atoms with Gasteiger partial charge in [-0.2, -0.15) is 0 Å². The zero-order valence-electron chi connectivity index (χ0n) is 7.97. The van der Waals surface area contributed by atoms with Crippen molar-refractivity contribution < 1.29 is 9.90 Å². The molecule has 72 valence electrons. The van der Waals surface area contributed by atoms with Crippen LogP contribution in [-0.4, -0.2) is 11.1 Å². The van der Waals surface area contributed by atoms with E-state index in [2.05, 4.69) is 0 Å². The molecule has 2 nitrogen and oxygen atoms in total. The molecular weight excluding hydrogens is 176 g/mol. The molecule has 0 fully saturated rings. The third-order valence-electron chi connectivity index (χ3n) is 1.71. The SMILES string of the molecule is CC=Cc1ccc(C=CC(=O)O)cc1. The summed E-state index contributed by atoms with van der Waals surface area (Å²) < 4.78 is 0. The molecule has 14 heavy (non-hydrogen) atoms. The first-order chi connectivity index (χ1) is 6.72. The van der Waals surface area contributed by atoms with E-state index in [0.717, 1.165) is 17.2 Å². The monoisotopic (exact) mass is 188 g/mol. The Balaban J connectivity index is 2.78. The third-order valence-corrected chi connectivity index (χ3v) is 1.71. The number of rotatable bonds is 3. The van der Waals surface area contributed by atoms with Crippen LogP contribution in [0.4, 0.5) is 0 Å². The quantitative estimate of drug-likeness (QED) is 0.740. The lowest BCUT2D eigenvalue weighted by atomic mass is 10.1. The molecule has 0 bridgehead atoms. The second-order valence-electron chi connectivity index (χ2n) is 2.84. The van der Waals surface area contributed by atoms with Gasteiger partial charge in [0.05, 0.1) is 0 Å². The first-order valence-electron chi connectivity index (χ1n) is 4.36. The van der Waals surface area contributed by atoms with Gasteiger partial charge in [0.25, 0.3) is 0 Å². The summed E-state index contributed by atoms with van der Waals surface area (Å²) in [6.45, 7) is 1.96. The standard InChI is InChI=1S/C12H12O2/c1-2-3-10-4-6-11(7-5-10)8-9-12(13)14/h2-9H,1H3,(H,13,14). The number of carbonyl (C=O) groups is 1. The molecule has 2 heteroatoms. The summed E-state index contributed by atoms with van der Waals surface area (Å²) in [5.74, 6) is -0.928. The van der Waals surface area contributed by atoms with Crippen molar-refractivity contribution >= 4 is 18.1 Å². The first-order valence-corrected chi connectivity index (χ1v) is 4.36. The van der Waals surface area contributed by atoms with Gasteiger partial charge >= 0.3 is 5.97 Å². The topological polar surface area (TPSA) is 37.3 Å².